The van der Waals surface area contributed by atoms with Crippen LogP contribution in [0, 0.1) is 0 Å². The number of furan rings is 1. The van der Waals surface area contributed by atoms with Crippen LogP contribution < -0.4 is 5.32 Å². The fourth-order valence-corrected chi connectivity index (χ4v) is 6.23. The van der Waals surface area contributed by atoms with Crippen LogP contribution in [-0.4, -0.2) is 0 Å². The van der Waals surface area contributed by atoms with Gasteiger partial charge in [0.25, 0.3) is 0 Å². The van der Waals surface area contributed by atoms with E-state index in [9.17, 15) is 0 Å². The summed E-state index contributed by atoms with van der Waals surface area (Å²) in [5.74, 6) is 0. The van der Waals surface area contributed by atoms with E-state index in [0.29, 0.717) is 0 Å². The van der Waals surface area contributed by atoms with E-state index >= 15 is 0 Å². The van der Waals surface area contributed by atoms with Gasteiger partial charge in [0.2, 0.25) is 0 Å². The van der Waals surface area contributed by atoms with Crippen molar-refractivity contribution in [2.24, 2.45) is 0 Å². The second-order valence-corrected chi connectivity index (χ2v) is 11.0. The Morgan fingerprint density at radius 2 is 0.886 bits per heavy atom. The SMILES string of the molecule is c1ccc(-c2cccc(-c3ccccc3)c2-c2ccc(Nc3ccc4oc5cccc(-c6ccccc6)c5c4c3)cc2)cc1. The van der Waals surface area contributed by atoms with E-state index < -0.39 is 0 Å². The molecular formula is C42H29NO. The molecule has 0 aliphatic carbocycles. The van der Waals surface area contributed by atoms with Crippen molar-refractivity contribution >= 4 is 33.3 Å². The lowest BCUT2D eigenvalue weighted by molar-refractivity contribution is 0.669. The number of rotatable bonds is 6. The highest BCUT2D eigenvalue weighted by Gasteiger charge is 2.15. The van der Waals surface area contributed by atoms with Gasteiger partial charge in [0.1, 0.15) is 11.2 Å². The second kappa shape index (κ2) is 11.1. The second-order valence-electron chi connectivity index (χ2n) is 11.0. The molecule has 0 aliphatic heterocycles. The molecule has 0 aliphatic rings. The first-order valence-corrected chi connectivity index (χ1v) is 14.9. The summed E-state index contributed by atoms with van der Waals surface area (Å²) in [5.41, 5.74) is 13.5. The van der Waals surface area contributed by atoms with Gasteiger partial charge in [0.05, 0.1) is 0 Å². The summed E-state index contributed by atoms with van der Waals surface area (Å²) in [7, 11) is 0. The molecule has 0 atom stereocenters. The van der Waals surface area contributed by atoms with Crippen molar-refractivity contribution in [2.75, 3.05) is 5.32 Å². The lowest BCUT2D eigenvalue weighted by Gasteiger charge is -2.17. The normalized spacial score (nSPS) is 11.2. The number of benzene rings is 7. The molecule has 0 unspecified atom stereocenters. The summed E-state index contributed by atoms with van der Waals surface area (Å²) < 4.78 is 6.25. The third kappa shape index (κ3) is 4.73. The van der Waals surface area contributed by atoms with Gasteiger partial charge in [-0.1, -0.05) is 133 Å². The van der Waals surface area contributed by atoms with E-state index in [4.69, 9.17) is 4.42 Å². The number of hydrogen-bond acceptors (Lipinski definition) is 2. The molecule has 8 aromatic rings. The largest absolute Gasteiger partial charge is 0.456 e. The van der Waals surface area contributed by atoms with Crippen molar-refractivity contribution in [3.63, 3.8) is 0 Å². The molecule has 44 heavy (non-hydrogen) atoms. The standard InChI is InChI=1S/C42H29NO/c1-4-12-29(13-5-1)35-18-10-19-36(30-14-6-2-7-15-30)41(35)32-22-24-33(25-23-32)43-34-26-27-39-38(28-34)42-37(20-11-21-40(42)44-39)31-16-8-3-9-17-31/h1-28,43H. The minimum absolute atomic E-state index is 0.884. The average molecular weight is 564 g/mol. The molecule has 1 aromatic heterocycles. The predicted octanol–water partition coefficient (Wildman–Crippen LogP) is 12.0. The van der Waals surface area contributed by atoms with Gasteiger partial charge in [-0.15, -0.1) is 0 Å². The van der Waals surface area contributed by atoms with E-state index in [1.807, 2.05) is 12.1 Å². The fourth-order valence-electron chi connectivity index (χ4n) is 6.23. The minimum Gasteiger partial charge on any atom is -0.456 e. The molecule has 2 nitrogen and oxygen atoms in total. The van der Waals surface area contributed by atoms with Gasteiger partial charge in [0.15, 0.2) is 0 Å². The van der Waals surface area contributed by atoms with Crippen LogP contribution in [-0.2, 0) is 0 Å². The Labute approximate surface area is 256 Å². The van der Waals surface area contributed by atoms with Gasteiger partial charge in [-0.25, -0.2) is 0 Å². The van der Waals surface area contributed by atoms with Gasteiger partial charge in [-0.2, -0.15) is 0 Å². The summed E-state index contributed by atoms with van der Waals surface area (Å²) in [4.78, 5) is 0. The minimum atomic E-state index is 0.884. The number of anilines is 2. The van der Waals surface area contributed by atoms with Crippen molar-refractivity contribution < 1.29 is 4.42 Å². The molecule has 0 bridgehead atoms. The van der Waals surface area contributed by atoms with E-state index in [1.54, 1.807) is 0 Å². The Balaban J connectivity index is 1.18. The zero-order chi connectivity index (χ0) is 29.3. The van der Waals surface area contributed by atoms with E-state index in [-0.39, 0.29) is 0 Å². The van der Waals surface area contributed by atoms with Crippen molar-refractivity contribution in [3.8, 4) is 44.5 Å². The van der Waals surface area contributed by atoms with Gasteiger partial charge in [-0.05, 0) is 80.9 Å². The van der Waals surface area contributed by atoms with Crippen LogP contribution in [0.4, 0.5) is 11.4 Å². The van der Waals surface area contributed by atoms with Crippen LogP contribution in [0.1, 0.15) is 0 Å². The fraction of sp³-hybridized carbons (Fsp3) is 0. The summed E-state index contributed by atoms with van der Waals surface area (Å²) in [6.45, 7) is 0. The van der Waals surface area contributed by atoms with Crippen LogP contribution in [0.2, 0.25) is 0 Å². The molecule has 0 amide bonds. The highest BCUT2D eigenvalue weighted by atomic mass is 16.3. The van der Waals surface area contributed by atoms with Crippen LogP contribution in [0.5, 0.6) is 0 Å². The van der Waals surface area contributed by atoms with Gasteiger partial charge >= 0.3 is 0 Å². The highest BCUT2D eigenvalue weighted by Crippen LogP contribution is 2.41. The first-order chi connectivity index (χ1) is 21.8. The predicted molar refractivity (Wildman–Crippen MR) is 185 cm³/mol. The lowest BCUT2D eigenvalue weighted by Crippen LogP contribution is -1.92. The Morgan fingerprint density at radius 1 is 0.364 bits per heavy atom. The summed E-state index contributed by atoms with van der Waals surface area (Å²) in [6, 6.07) is 59.7. The summed E-state index contributed by atoms with van der Waals surface area (Å²) in [6.07, 6.45) is 0. The van der Waals surface area contributed by atoms with Crippen molar-refractivity contribution in [3.05, 3.63) is 170 Å². The first-order valence-electron chi connectivity index (χ1n) is 14.9. The summed E-state index contributed by atoms with van der Waals surface area (Å²) >= 11 is 0. The molecular weight excluding hydrogens is 534 g/mol. The Morgan fingerprint density at radius 3 is 1.50 bits per heavy atom. The summed E-state index contributed by atoms with van der Waals surface area (Å²) in [5, 5.41) is 5.88. The zero-order valence-corrected chi connectivity index (χ0v) is 24.1. The maximum atomic E-state index is 6.25. The highest BCUT2D eigenvalue weighted by molar-refractivity contribution is 6.13. The molecule has 7 aromatic carbocycles. The third-order valence-electron chi connectivity index (χ3n) is 8.28. The molecule has 2 heteroatoms. The molecule has 0 radical (unpaired) electrons. The molecule has 1 N–H and O–H groups in total. The Kier molecular flexibility index (Phi) is 6.51. The van der Waals surface area contributed by atoms with Crippen LogP contribution in [0.3, 0.4) is 0 Å². The van der Waals surface area contributed by atoms with E-state index in [2.05, 4.69) is 163 Å². The molecule has 208 valence electrons. The maximum absolute atomic E-state index is 6.25. The topological polar surface area (TPSA) is 25.2 Å². The molecule has 8 rings (SSSR count). The Hall–Kier alpha value is -5.86. The quantitative estimate of drug-likeness (QED) is 0.218. The smallest absolute Gasteiger partial charge is 0.136 e. The lowest BCUT2D eigenvalue weighted by atomic mass is 9.87. The Bertz CT molecular complexity index is 2160. The van der Waals surface area contributed by atoms with Crippen LogP contribution >= 0.6 is 0 Å². The maximum Gasteiger partial charge on any atom is 0.136 e. The van der Waals surface area contributed by atoms with Crippen molar-refractivity contribution in [2.45, 2.75) is 0 Å². The average Bonchev–Trinajstić information content (AvgIpc) is 3.48. The van der Waals surface area contributed by atoms with Gasteiger partial charge in [0, 0.05) is 22.1 Å². The van der Waals surface area contributed by atoms with Crippen molar-refractivity contribution in [1.82, 2.24) is 0 Å². The number of hydrogen-bond donors (Lipinski definition) is 1. The van der Waals surface area contributed by atoms with Crippen LogP contribution in [0.15, 0.2) is 174 Å². The molecule has 1 heterocycles. The van der Waals surface area contributed by atoms with Gasteiger partial charge < -0.3 is 9.73 Å². The molecule has 0 saturated heterocycles. The first kappa shape index (κ1) is 25.8. The number of nitrogens with one attached hydrogen (secondary N) is 1. The number of fused-ring (bicyclic) bond motifs is 3. The monoisotopic (exact) mass is 563 g/mol. The van der Waals surface area contributed by atoms with Crippen LogP contribution in [0.25, 0.3) is 66.4 Å². The molecule has 0 spiro atoms. The zero-order valence-electron chi connectivity index (χ0n) is 24.1. The molecule has 0 saturated carbocycles. The molecule has 0 fully saturated rings. The van der Waals surface area contributed by atoms with Gasteiger partial charge in [-0.3, -0.25) is 0 Å². The van der Waals surface area contributed by atoms with E-state index in [1.165, 1.54) is 44.5 Å². The third-order valence-corrected chi connectivity index (χ3v) is 8.28. The van der Waals surface area contributed by atoms with Crippen molar-refractivity contribution in [1.29, 1.82) is 0 Å². The van der Waals surface area contributed by atoms with E-state index in [0.717, 1.165) is 33.3 Å².